The first-order valence-corrected chi connectivity index (χ1v) is 7.37. The second-order valence-electron chi connectivity index (χ2n) is 5.90. The number of nitrogens with zero attached hydrogens (tertiary/aromatic N) is 1. The fraction of sp³-hybridized carbons (Fsp3) is 0.438. The lowest BCUT2D eigenvalue weighted by molar-refractivity contribution is 0.152. The average molecular weight is 306 g/mol. The largest absolute Gasteiger partial charge is 0.396 e. The Hall–Kier alpha value is -1.76. The Morgan fingerprint density at radius 1 is 1.23 bits per heavy atom. The molecule has 2 heterocycles. The fourth-order valence-electron chi connectivity index (χ4n) is 3.19. The number of aliphatic hydroxyl groups excluding tert-OH is 2. The van der Waals surface area contributed by atoms with Crippen LogP contribution in [0.3, 0.4) is 0 Å². The summed E-state index contributed by atoms with van der Waals surface area (Å²) in [5.41, 5.74) is 0.652. The molecule has 0 aliphatic carbocycles. The molecule has 2 aromatic rings. The quantitative estimate of drug-likeness (QED) is 0.777. The van der Waals surface area contributed by atoms with Gasteiger partial charge in [0, 0.05) is 61.8 Å². The van der Waals surface area contributed by atoms with E-state index in [1.807, 2.05) is 0 Å². The number of para-hydroxylation sites is 1. The first kappa shape index (κ1) is 15.1. The molecule has 3 rings (SSSR count). The van der Waals surface area contributed by atoms with E-state index in [0.717, 1.165) is 0 Å². The van der Waals surface area contributed by atoms with Crippen LogP contribution >= 0.6 is 0 Å². The number of aliphatic hydroxyl groups is 2. The Morgan fingerprint density at radius 3 is 2.55 bits per heavy atom. The van der Waals surface area contributed by atoms with Crippen LogP contribution in [0.2, 0.25) is 0 Å². The first-order chi connectivity index (χ1) is 10.6. The second kappa shape index (κ2) is 6.16. The Bertz CT molecular complexity index is 719. The molecule has 1 saturated heterocycles. The maximum atomic E-state index is 13.8. The van der Waals surface area contributed by atoms with Crippen LogP contribution in [-0.4, -0.2) is 46.4 Å². The highest BCUT2D eigenvalue weighted by molar-refractivity contribution is 5.78. The molecule has 22 heavy (non-hydrogen) atoms. The predicted octanol–water partition coefficient (Wildman–Crippen LogP) is 0.700. The molecule has 1 fully saturated rings. The molecule has 2 atom stereocenters. The fourth-order valence-corrected chi connectivity index (χ4v) is 3.19. The molecule has 0 saturated carbocycles. The number of nitrogens with one attached hydrogen (secondary N) is 1. The van der Waals surface area contributed by atoms with Crippen molar-refractivity contribution in [2.24, 2.45) is 11.8 Å². The van der Waals surface area contributed by atoms with E-state index >= 15 is 0 Å². The van der Waals surface area contributed by atoms with Gasteiger partial charge in [-0.2, -0.15) is 0 Å². The monoisotopic (exact) mass is 306 g/mol. The number of benzene rings is 1. The van der Waals surface area contributed by atoms with Gasteiger partial charge in [0.1, 0.15) is 5.82 Å². The Balaban J connectivity index is 1.86. The molecule has 1 aromatic carbocycles. The van der Waals surface area contributed by atoms with E-state index < -0.39 is 5.82 Å². The van der Waals surface area contributed by atoms with Gasteiger partial charge < -0.3 is 15.2 Å². The van der Waals surface area contributed by atoms with Gasteiger partial charge in [-0.3, -0.25) is 9.69 Å². The molecular weight excluding hydrogens is 287 g/mol. The number of halogens is 1. The van der Waals surface area contributed by atoms with Gasteiger partial charge in [-0.1, -0.05) is 6.07 Å². The molecule has 5 nitrogen and oxygen atoms in total. The Labute approximate surface area is 127 Å². The van der Waals surface area contributed by atoms with Crippen molar-refractivity contribution in [1.29, 1.82) is 0 Å². The number of H-pyrrole nitrogens is 1. The Kier molecular flexibility index (Phi) is 4.24. The van der Waals surface area contributed by atoms with E-state index in [-0.39, 0.29) is 36.0 Å². The van der Waals surface area contributed by atoms with Gasteiger partial charge in [0.2, 0.25) is 0 Å². The van der Waals surface area contributed by atoms with Crippen LogP contribution < -0.4 is 5.43 Å². The number of likely N-dealkylation sites (tertiary alicyclic amines) is 1. The lowest BCUT2D eigenvalue weighted by atomic mass is 9.98. The molecular formula is C16H19FN2O3. The molecule has 118 valence electrons. The number of hydrogen-bond acceptors (Lipinski definition) is 4. The summed E-state index contributed by atoms with van der Waals surface area (Å²) in [6.45, 7) is 1.83. The van der Waals surface area contributed by atoms with Crippen LogP contribution in [0.15, 0.2) is 29.1 Å². The highest BCUT2D eigenvalue weighted by atomic mass is 19.1. The molecule has 0 radical (unpaired) electrons. The molecule has 1 aliphatic rings. The average Bonchev–Trinajstić information content (AvgIpc) is 2.90. The van der Waals surface area contributed by atoms with Gasteiger partial charge in [0.15, 0.2) is 5.43 Å². The van der Waals surface area contributed by atoms with Gasteiger partial charge in [-0.25, -0.2) is 4.39 Å². The number of hydrogen-bond donors (Lipinski definition) is 3. The summed E-state index contributed by atoms with van der Waals surface area (Å²) in [5.74, 6) is -0.373. The molecule has 3 N–H and O–H groups in total. The van der Waals surface area contributed by atoms with Crippen LogP contribution in [0.25, 0.3) is 10.9 Å². The van der Waals surface area contributed by atoms with Crippen molar-refractivity contribution in [3.05, 3.63) is 46.0 Å². The van der Waals surface area contributed by atoms with Crippen molar-refractivity contribution < 1.29 is 14.6 Å². The maximum Gasteiger partial charge on any atom is 0.189 e. The maximum absolute atomic E-state index is 13.8. The van der Waals surface area contributed by atoms with Gasteiger partial charge in [0.25, 0.3) is 0 Å². The van der Waals surface area contributed by atoms with Crippen LogP contribution in [-0.2, 0) is 6.54 Å². The Morgan fingerprint density at radius 2 is 1.91 bits per heavy atom. The molecule has 0 spiro atoms. The zero-order valence-corrected chi connectivity index (χ0v) is 12.1. The van der Waals surface area contributed by atoms with Crippen molar-refractivity contribution >= 4 is 10.9 Å². The summed E-state index contributed by atoms with van der Waals surface area (Å²) < 4.78 is 13.8. The van der Waals surface area contributed by atoms with Gasteiger partial charge in [0.05, 0.1) is 5.52 Å². The highest BCUT2D eigenvalue weighted by Gasteiger charge is 2.31. The van der Waals surface area contributed by atoms with Gasteiger partial charge in [-0.15, -0.1) is 0 Å². The van der Waals surface area contributed by atoms with E-state index in [1.54, 1.807) is 6.07 Å². The normalized spacial score (nSPS) is 22.5. The van der Waals surface area contributed by atoms with Crippen LogP contribution in [0.5, 0.6) is 0 Å². The lowest BCUT2D eigenvalue weighted by Crippen LogP contribution is -2.22. The third-order valence-corrected chi connectivity index (χ3v) is 4.39. The van der Waals surface area contributed by atoms with Crippen LogP contribution in [0.1, 0.15) is 5.69 Å². The van der Waals surface area contributed by atoms with Crippen molar-refractivity contribution in [3.63, 3.8) is 0 Å². The minimum absolute atomic E-state index is 0.0323. The second-order valence-corrected chi connectivity index (χ2v) is 5.90. The zero-order valence-electron chi connectivity index (χ0n) is 12.1. The lowest BCUT2D eigenvalue weighted by Gasteiger charge is -2.16. The molecule has 1 aliphatic heterocycles. The SMILES string of the molecule is O=c1cc(CN2C[C@@H](CO)[C@H](CO)C2)[nH]c2c(F)cccc12. The number of fused-ring (bicyclic) bond motifs is 1. The van der Waals surface area contributed by atoms with Gasteiger partial charge >= 0.3 is 0 Å². The summed E-state index contributed by atoms with van der Waals surface area (Å²) in [5, 5.41) is 19.0. The van der Waals surface area contributed by atoms with E-state index in [4.69, 9.17) is 0 Å². The van der Waals surface area contributed by atoms with Crippen LogP contribution in [0.4, 0.5) is 4.39 Å². The van der Waals surface area contributed by atoms with E-state index in [9.17, 15) is 19.4 Å². The van der Waals surface area contributed by atoms with Crippen molar-refractivity contribution in [3.8, 4) is 0 Å². The standard InChI is InChI=1S/C16H19FN2O3/c17-14-3-1-2-13-15(22)4-12(18-16(13)14)7-19-5-10(8-20)11(6-19)9-21/h1-4,10-11,20-21H,5-9H2,(H,18,22)/t10-,11-/m0/s1. The van der Waals surface area contributed by atoms with Gasteiger partial charge in [-0.05, 0) is 12.1 Å². The molecule has 1 aromatic heterocycles. The summed E-state index contributed by atoms with van der Waals surface area (Å²) >= 11 is 0. The zero-order chi connectivity index (χ0) is 15.7. The topological polar surface area (TPSA) is 76.6 Å². The number of aromatic nitrogens is 1. The molecule has 6 heteroatoms. The predicted molar refractivity (Wildman–Crippen MR) is 81.0 cm³/mol. The summed E-state index contributed by atoms with van der Waals surface area (Å²) in [4.78, 5) is 17.1. The number of pyridine rings is 1. The molecule has 0 amide bonds. The van der Waals surface area contributed by atoms with E-state index in [1.165, 1.54) is 18.2 Å². The van der Waals surface area contributed by atoms with E-state index in [2.05, 4.69) is 9.88 Å². The van der Waals surface area contributed by atoms with Crippen molar-refractivity contribution in [2.45, 2.75) is 6.54 Å². The number of rotatable bonds is 4. The highest BCUT2D eigenvalue weighted by Crippen LogP contribution is 2.24. The number of aromatic amines is 1. The van der Waals surface area contributed by atoms with Crippen LogP contribution in [0, 0.1) is 17.7 Å². The minimum atomic E-state index is -0.445. The molecule has 0 unspecified atom stereocenters. The summed E-state index contributed by atoms with van der Waals surface area (Å²) in [6.07, 6.45) is 0. The van der Waals surface area contributed by atoms with Crippen molar-refractivity contribution in [1.82, 2.24) is 9.88 Å². The third-order valence-electron chi connectivity index (χ3n) is 4.39. The minimum Gasteiger partial charge on any atom is -0.396 e. The smallest absolute Gasteiger partial charge is 0.189 e. The summed E-state index contributed by atoms with van der Waals surface area (Å²) in [7, 11) is 0. The first-order valence-electron chi connectivity index (χ1n) is 7.37. The molecule has 0 bridgehead atoms. The summed E-state index contributed by atoms with van der Waals surface area (Å²) in [6, 6.07) is 5.93. The third kappa shape index (κ3) is 2.77. The van der Waals surface area contributed by atoms with E-state index in [0.29, 0.717) is 30.7 Å². The van der Waals surface area contributed by atoms with Crippen molar-refractivity contribution in [2.75, 3.05) is 26.3 Å².